The van der Waals surface area contributed by atoms with Crippen LogP contribution in [0.2, 0.25) is 0 Å². The van der Waals surface area contributed by atoms with Crippen molar-refractivity contribution in [3.05, 3.63) is 29.8 Å². The van der Waals surface area contributed by atoms with Crippen molar-refractivity contribution in [2.24, 2.45) is 0 Å². The van der Waals surface area contributed by atoms with Gasteiger partial charge in [-0.3, -0.25) is 9.69 Å². The molecule has 0 saturated carbocycles. The highest BCUT2D eigenvalue weighted by Gasteiger charge is 2.32. The number of unbranched alkanes of at least 4 members (excludes halogenated alkanes) is 2. The number of hydrogen-bond donors (Lipinski definition) is 0. The molecule has 124 valence electrons. The maximum Gasteiger partial charge on any atom is 0.182 e. The molecule has 0 aromatic heterocycles. The van der Waals surface area contributed by atoms with Gasteiger partial charge >= 0.3 is 0 Å². The van der Waals surface area contributed by atoms with E-state index < -0.39 is 5.54 Å². The van der Waals surface area contributed by atoms with Crippen LogP contribution in [0, 0.1) is 0 Å². The third-order valence-electron chi connectivity index (χ3n) is 4.24. The zero-order valence-corrected chi connectivity index (χ0v) is 15.6. The Kier molecular flexibility index (Phi) is 8.19. The lowest BCUT2D eigenvalue weighted by molar-refractivity contribution is 0.0704. The number of likely N-dealkylation sites (N-methyl/N-ethyl adjacent to an activating group) is 1. The van der Waals surface area contributed by atoms with Crippen molar-refractivity contribution in [1.29, 1.82) is 0 Å². The highest BCUT2D eigenvalue weighted by Crippen LogP contribution is 2.23. The van der Waals surface area contributed by atoms with E-state index in [4.69, 9.17) is 0 Å². The molecule has 0 saturated heterocycles. The topological polar surface area (TPSA) is 20.3 Å². The Morgan fingerprint density at radius 2 is 1.68 bits per heavy atom. The van der Waals surface area contributed by atoms with Crippen LogP contribution in [0.1, 0.15) is 63.7 Å². The first-order chi connectivity index (χ1) is 10.4. The normalized spacial score (nSPS) is 11.9. The average Bonchev–Trinajstić information content (AvgIpc) is 2.52. The molecule has 1 rings (SSSR count). The van der Waals surface area contributed by atoms with E-state index in [-0.39, 0.29) is 5.78 Å². The van der Waals surface area contributed by atoms with Crippen LogP contribution in [0.5, 0.6) is 0 Å². The number of Topliss-reactive ketones (excluding diaryl/α,β-unsaturated/α-hetero) is 1. The Labute approximate surface area is 140 Å². The number of carbonyl (C=O) groups is 1. The summed E-state index contributed by atoms with van der Waals surface area (Å²) in [6, 6.07) is 8.11. The molecule has 2 nitrogen and oxygen atoms in total. The van der Waals surface area contributed by atoms with Gasteiger partial charge in [-0.15, -0.1) is 11.8 Å². The van der Waals surface area contributed by atoms with Gasteiger partial charge in [0.25, 0.3) is 0 Å². The number of hydrogen-bond acceptors (Lipinski definition) is 3. The molecule has 0 radical (unpaired) electrons. The van der Waals surface area contributed by atoms with Crippen LogP contribution in [0.25, 0.3) is 0 Å². The third kappa shape index (κ3) is 5.44. The van der Waals surface area contributed by atoms with Gasteiger partial charge in [-0.05, 0) is 58.2 Å². The predicted molar refractivity (Wildman–Crippen MR) is 98.0 cm³/mol. The number of nitrogens with zero attached hydrogens (tertiary/aromatic N) is 1. The van der Waals surface area contributed by atoms with Gasteiger partial charge in [0, 0.05) is 10.5 Å². The smallest absolute Gasteiger partial charge is 0.182 e. The van der Waals surface area contributed by atoms with Crippen LogP contribution in [-0.4, -0.2) is 35.6 Å². The minimum Gasteiger partial charge on any atom is -0.294 e. The van der Waals surface area contributed by atoms with Crippen molar-refractivity contribution in [3.63, 3.8) is 0 Å². The number of rotatable bonds is 10. The Morgan fingerprint density at radius 3 is 2.23 bits per heavy atom. The molecule has 0 spiro atoms. The van der Waals surface area contributed by atoms with Crippen molar-refractivity contribution in [2.75, 3.05) is 19.3 Å². The number of ketones is 1. The maximum atomic E-state index is 12.8. The summed E-state index contributed by atoms with van der Waals surface area (Å²) in [5, 5.41) is 0. The summed E-state index contributed by atoms with van der Waals surface area (Å²) in [5.74, 6) is 1.35. The van der Waals surface area contributed by atoms with Crippen molar-refractivity contribution in [1.82, 2.24) is 4.90 Å². The summed E-state index contributed by atoms with van der Waals surface area (Å²) < 4.78 is 0. The fourth-order valence-electron chi connectivity index (χ4n) is 2.24. The van der Waals surface area contributed by atoms with Crippen molar-refractivity contribution in [3.8, 4) is 0 Å². The van der Waals surface area contributed by atoms with Gasteiger partial charge in [-0.2, -0.15) is 0 Å². The van der Waals surface area contributed by atoms with E-state index in [1.54, 1.807) is 0 Å². The van der Waals surface area contributed by atoms with Crippen LogP contribution in [0.15, 0.2) is 29.2 Å². The molecule has 0 N–H and O–H groups in total. The molecule has 1 aromatic carbocycles. The molecule has 0 unspecified atom stereocenters. The summed E-state index contributed by atoms with van der Waals surface area (Å²) in [6.45, 7) is 9.39. The Hall–Kier alpha value is -0.800. The lowest BCUT2D eigenvalue weighted by atomic mass is 9.91. The van der Waals surface area contributed by atoms with Gasteiger partial charge in [0.15, 0.2) is 5.78 Å². The molecule has 0 heterocycles. The van der Waals surface area contributed by atoms with Crippen molar-refractivity contribution in [2.45, 2.75) is 63.8 Å². The fraction of sp³-hybridized carbons (Fsp3) is 0.632. The largest absolute Gasteiger partial charge is 0.294 e. The lowest BCUT2D eigenvalue weighted by Gasteiger charge is -2.34. The fourth-order valence-corrected chi connectivity index (χ4v) is 3.24. The standard InChI is InChI=1S/C19H31NOS/c1-6-8-14-20(5)19(3,4)18(21)16-10-12-17(13-11-16)22-15-9-7-2/h10-13H,6-9,14-15H2,1-5H3. The summed E-state index contributed by atoms with van der Waals surface area (Å²) in [4.78, 5) is 16.2. The number of thioether (sulfide) groups is 1. The van der Waals surface area contributed by atoms with Gasteiger partial charge in [-0.1, -0.05) is 38.8 Å². The quantitative estimate of drug-likeness (QED) is 0.332. The van der Waals surface area contributed by atoms with Gasteiger partial charge in [-0.25, -0.2) is 0 Å². The summed E-state index contributed by atoms with van der Waals surface area (Å²) >= 11 is 1.87. The van der Waals surface area contributed by atoms with Crippen LogP contribution in [-0.2, 0) is 0 Å². The first-order valence-corrected chi connectivity index (χ1v) is 9.41. The molecule has 0 amide bonds. The Balaban J connectivity index is 2.71. The second kappa shape index (κ2) is 9.36. The van der Waals surface area contributed by atoms with Gasteiger partial charge in [0.05, 0.1) is 5.54 Å². The van der Waals surface area contributed by atoms with Crippen LogP contribution >= 0.6 is 11.8 Å². The highest BCUT2D eigenvalue weighted by molar-refractivity contribution is 7.99. The molecule has 0 aliphatic carbocycles. The second-order valence-corrected chi connectivity index (χ2v) is 7.56. The van der Waals surface area contributed by atoms with Gasteiger partial charge in [0.2, 0.25) is 0 Å². The van der Waals surface area contributed by atoms with E-state index in [0.29, 0.717) is 0 Å². The van der Waals surface area contributed by atoms with Crippen LogP contribution in [0.3, 0.4) is 0 Å². The van der Waals surface area contributed by atoms with E-state index in [2.05, 4.69) is 30.9 Å². The molecule has 1 aromatic rings. The van der Waals surface area contributed by atoms with E-state index >= 15 is 0 Å². The van der Waals surface area contributed by atoms with E-state index in [0.717, 1.165) is 30.7 Å². The first-order valence-electron chi connectivity index (χ1n) is 8.42. The van der Waals surface area contributed by atoms with Crippen LogP contribution < -0.4 is 0 Å². The molecule has 0 bridgehead atoms. The molecule has 3 heteroatoms. The zero-order valence-electron chi connectivity index (χ0n) is 14.8. The van der Waals surface area contributed by atoms with E-state index in [1.165, 1.54) is 17.7 Å². The van der Waals surface area contributed by atoms with E-state index in [1.807, 2.05) is 44.8 Å². The third-order valence-corrected chi connectivity index (χ3v) is 5.34. The van der Waals surface area contributed by atoms with Crippen molar-refractivity contribution < 1.29 is 4.79 Å². The second-order valence-electron chi connectivity index (χ2n) is 6.39. The predicted octanol–water partition coefficient (Wildman–Crippen LogP) is 5.27. The van der Waals surface area contributed by atoms with Crippen molar-refractivity contribution >= 4 is 17.5 Å². The molecular weight excluding hydrogens is 290 g/mol. The highest BCUT2D eigenvalue weighted by atomic mass is 32.2. The minimum absolute atomic E-state index is 0.205. The SMILES string of the molecule is CCCCSc1ccc(C(=O)C(C)(C)N(C)CCCC)cc1. The lowest BCUT2D eigenvalue weighted by Crippen LogP contribution is -2.48. The number of carbonyl (C=O) groups excluding carboxylic acids is 1. The van der Waals surface area contributed by atoms with Crippen LogP contribution in [0.4, 0.5) is 0 Å². The Bertz CT molecular complexity index is 453. The first kappa shape index (κ1) is 19.2. The molecule has 22 heavy (non-hydrogen) atoms. The maximum absolute atomic E-state index is 12.8. The summed E-state index contributed by atoms with van der Waals surface area (Å²) in [7, 11) is 2.04. The monoisotopic (exact) mass is 321 g/mol. The average molecular weight is 322 g/mol. The molecule has 0 aliphatic rings. The van der Waals surface area contributed by atoms with Gasteiger partial charge < -0.3 is 0 Å². The molecule has 0 aliphatic heterocycles. The number of benzene rings is 1. The van der Waals surface area contributed by atoms with Gasteiger partial charge in [0.1, 0.15) is 0 Å². The van der Waals surface area contributed by atoms with E-state index in [9.17, 15) is 4.79 Å². The molecular formula is C19H31NOS. The Morgan fingerprint density at radius 1 is 1.09 bits per heavy atom. The minimum atomic E-state index is -0.452. The zero-order chi connectivity index (χ0) is 16.6. The molecule has 0 atom stereocenters. The summed E-state index contributed by atoms with van der Waals surface area (Å²) in [6.07, 6.45) is 4.74. The summed E-state index contributed by atoms with van der Waals surface area (Å²) in [5.41, 5.74) is 0.361. The molecule has 0 fully saturated rings.